The highest BCUT2D eigenvalue weighted by Gasteiger charge is 2.14. The van der Waals surface area contributed by atoms with Crippen LogP contribution >= 0.6 is 23.2 Å². The highest BCUT2D eigenvalue weighted by Crippen LogP contribution is 2.25. The van der Waals surface area contributed by atoms with E-state index >= 15 is 0 Å². The molecular weight excluding hydrogens is 393 g/mol. The first kappa shape index (κ1) is 20.7. The molecule has 142 valence electrons. The number of hydrogen-bond acceptors (Lipinski definition) is 5. The molecule has 2 rings (SSSR count). The number of para-hydroxylation sites is 1. The van der Waals surface area contributed by atoms with Crippen LogP contribution in [0.3, 0.4) is 0 Å². The van der Waals surface area contributed by atoms with Gasteiger partial charge in [-0.1, -0.05) is 41.4 Å². The summed E-state index contributed by atoms with van der Waals surface area (Å²) in [5.74, 6) is -0.939. The van der Waals surface area contributed by atoms with Gasteiger partial charge in [0, 0.05) is 0 Å². The van der Waals surface area contributed by atoms with Gasteiger partial charge in [-0.25, -0.2) is 4.79 Å². The van der Waals surface area contributed by atoms with Crippen molar-refractivity contribution in [1.29, 1.82) is 0 Å². The fourth-order valence-corrected chi connectivity index (χ4v) is 2.49. The second-order valence-electron chi connectivity index (χ2n) is 5.57. The second-order valence-corrected chi connectivity index (χ2v) is 6.38. The first-order chi connectivity index (χ1) is 12.9. The Balaban J connectivity index is 1.78. The molecule has 0 aliphatic heterocycles. The summed E-state index contributed by atoms with van der Waals surface area (Å²) < 4.78 is 10.1. The summed E-state index contributed by atoms with van der Waals surface area (Å²) >= 11 is 11.8. The van der Waals surface area contributed by atoms with Crippen molar-refractivity contribution in [3.05, 3.63) is 63.6 Å². The summed E-state index contributed by atoms with van der Waals surface area (Å²) in [6.45, 7) is 0.891. The third-order valence-electron chi connectivity index (χ3n) is 3.58. The fraction of sp³-hybridized carbons (Fsp3) is 0.211. The minimum Gasteiger partial charge on any atom is -0.481 e. The van der Waals surface area contributed by atoms with Crippen LogP contribution in [0.1, 0.15) is 28.9 Å². The minimum absolute atomic E-state index is 0.266. The Morgan fingerprint density at radius 3 is 2.56 bits per heavy atom. The van der Waals surface area contributed by atoms with Gasteiger partial charge in [0.05, 0.1) is 21.7 Å². The number of nitrogens with one attached hydrogen (secondary N) is 1. The van der Waals surface area contributed by atoms with Crippen LogP contribution < -0.4 is 10.1 Å². The molecule has 27 heavy (non-hydrogen) atoms. The van der Waals surface area contributed by atoms with Crippen LogP contribution in [-0.2, 0) is 14.3 Å². The zero-order valence-corrected chi connectivity index (χ0v) is 15.9. The van der Waals surface area contributed by atoms with E-state index in [4.69, 9.17) is 32.7 Å². The lowest BCUT2D eigenvalue weighted by Gasteiger charge is -2.15. The van der Waals surface area contributed by atoms with Gasteiger partial charge in [-0.15, -0.1) is 0 Å². The van der Waals surface area contributed by atoms with Crippen LogP contribution in [0.2, 0.25) is 10.0 Å². The number of halogens is 2. The predicted molar refractivity (Wildman–Crippen MR) is 101 cm³/mol. The molecule has 0 aromatic heterocycles. The molecule has 2 aromatic carbocycles. The molecule has 0 spiro atoms. The van der Waals surface area contributed by atoms with Gasteiger partial charge in [-0.3, -0.25) is 9.59 Å². The van der Waals surface area contributed by atoms with Crippen molar-refractivity contribution >= 4 is 41.4 Å². The van der Waals surface area contributed by atoms with E-state index in [1.54, 1.807) is 49.4 Å². The lowest BCUT2D eigenvalue weighted by molar-refractivity contribution is -0.150. The normalized spacial score (nSPS) is 11.4. The summed E-state index contributed by atoms with van der Waals surface area (Å²) in [4.78, 5) is 34.5. The molecule has 1 N–H and O–H groups in total. The van der Waals surface area contributed by atoms with Crippen LogP contribution in [0, 0.1) is 0 Å². The summed E-state index contributed by atoms with van der Waals surface area (Å²) in [6, 6.07) is 11.1. The molecule has 1 amide bonds. The molecule has 8 heteroatoms. The third kappa shape index (κ3) is 6.27. The molecule has 6 nitrogen and oxygen atoms in total. The standard InChI is InChI=1S/C19H17Cl2NO5/c1-12(13-6-7-15(20)16(21)8-13)22-18(24)10-27-19(25)11-26-17-5-3-2-4-14(17)9-23/h2-9,12H,10-11H2,1H3,(H,22,24)/t12-/m1/s1. The number of ether oxygens (including phenoxy) is 2. The number of hydrogen-bond donors (Lipinski definition) is 1. The smallest absolute Gasteiger partial charge is 0.344 e. The molecule has 0 aliphatic rings. The van der Waals surface area contributed by atoms with E-state index in [-0.39, 0.29) is 11.8 Å². The number of benzene rings is 2. The maximum absolute atomic E-state index is 11.9. The molecule has 0 radical (unpaired) electrons. The van der Waals surface area contributed by atoms with E-state index in [0.717, 1.165) is 5.56 Å². The quantitative estimate of drug-likeness (QED) is 0.531. The monoisotopic (exact) mass is 409 g/mol. The van der Waals surface area contributed by atoms with Gasteiger partial charge in [0.2, 0.25) is 0 Å². The molecule has 0 saturated carbocycles. The van der Waals surface area contributed by atoms with Crippen molar-refractivity contribution in [2.45, 2.75) is 13.0 Å². The number of carbonyl (C=O) groups excluding carboxylic acids is 3. The van der Waals surface area contributed by atoms with Gasteiger partial charge in [0.1, 0.15) is 5.75 Å². The number of carbonyl (C=O) groups is 3. The maximum Gasteiger partial charge on any atom is 0.344 e. The number of rotatable bonds is 8. The average Bonchev–Trinajstić information content (AvgIpc) is 2.66. The molecule has 0 unspecified atom stereocenters. The molecule has 0 saturated heterocycles. The molecule has 0 fully saturated rings. The summed E-state index contributed by atoms with van der Waals surface area (Å²) in [5.41, 5.74) is 1.08. The largest absolute Gasteiger partial charge is 0.481 e. The van der Waals surface area contributed by atoms with E-state index in [2.05, 4.69) is 5.32 Å². The van der Waals surface area contributed by atoms with Crippen LogP contribution in [0.15, 0.2) is 42.5 Å². The number of amides is 1. The Morgan fingerprint density at radius 2 is 1.85 bits per heavy atom. The molecule has 0 bridgehead atoms. The second kappa shape index (κ2) is 9.94. The van der Waals surface area contributed by atoms with Crippen LogP contribution in [0.5, 0.6) is 5.75 Å². The van der Waals surface area contributed by atoms with E-state index in [1.807, 2.05) is 0 Å². The zero-order chi connectivity index (χ0) is 19.8. The SMILES string of the molecule is C[C@@H](NC(=O)COC(=O)COc1ccccc1C=O)c1ccc(Cl)c(Cl)c1. The molecule has 2 aromatic rings. The van der Waals surface area contributed by atoms with Crippen molar-refractivity contribution in [1.82, 2.24) is 5.32 Å². The fourth-order valence-electron chi connectivity index (χ4n) is 2.18. The van der Waals surface area contributed by atoms with Gasteiger partial charge in [-0.2, -0.15) is 0 Å². The highest BCUT2D eigenvalue weighted by molar-refractivity contribution is 6.42. The van der Waals surface area contributed by atoms with Crippen molar-refractivity contribution < 1.29 is 23.9 Å². The van der Waals surface area contributed by atoms with Gasteiger partial charge >= 0.3 is 5.97 Å². The Bertz CT molecular complexity index is 841. The van der Waals surface area contributed by atoms with Gasteiger partial charge in [0.25, 0.3) is 5.91 Å². The Kier molecular flexibility index (Phi) is 7.64. The predicted octanol–water partition coefficient (Wildman–Crippen LogP) is 3.61. The molecule has 0 heterocycles. The topological polar surface area (TPSA) is 81.7 Å². The van der Waals surface area contributed by atoms with Crippen molar-refractivity contribution in [2.24, 2.45) is 0 Å². The number of aldehydes is 1. The Hall–Kier alpha value is -2.57. The van der Waals surface area contributed by atoms with Gasteiger partial charge in [0.15, 0.2) is 19.5 Å². The van der Waals surface area contributed by atoms with Gasteiger partial charge in [-0.05, 0) is 36.8 Å². The molecule has 1 atom stereocenters. The lowest BCUT2D eigenvalue weighted by Crippen LogP contribution is -2.32. The van der Waals surface area contributed by atoms with Crippen molar-refractivity contribution in [3.63, 3.8) is 0 Å². The maximum atomic E-state index is 11.9. The summed E-state index contributed by atoms with van der Waals surface area (Å²) in [7, 11) is 0. The van der Waals surface area contributed by atoms with Crippen LogP contribution in [0.25, 0.3) is 0 Å². The lowest BCUT2D eigenvalue weighted by atomic mass is 10.1. The highest BCUT2D eigenvalue weighted by atomic mass is 35.5. The third-order valence-corrected chi connectivity index (χ3v) is 4.32. The van der Waals surface area contributed by atoms with E-state index < -0.39 is 25.1 Å². The van der Waals surface area contributed by atoms with E-state index in [1.165, 1.54) is 0 Å². The first-order valence-electron chi connectivity index (χ1n) is 7.97. The Morgan fingerprint density at radius 1 is 1.11 bits per heavy atom. The van der Waals surface area contributed by atoms with Gasteiger partial charge < -0.3 is 14.8 Å². The van der Waals surface area contributed by atoms with Crippen molar-refractivity contribution in [3.8, 4) is 5.75 Å². The summed E-state index contributed by atoms with van der Waals surface area (Å²) in [6.07, 6.45) is 0.624. The Labute approximate surface area is 166 Å². The zero-order valence-electron chi connectivity index (χ0n) is 14.4. The summed E-state index contributed by atoms with van der Waals surface area (Å²) in [5, 5.41) is 3.49. The van der Waals surface area contributed by atoms with E-state index in [0.29, 0.717) is 21.9 Å². The number of esters is 1. The minimum atomic E-state index is -0.729. The van der Waals surface area contributed by atoms with E-state index in [9.17, 15) is 14.4 Å². The molecular formula is C19H17Cl2NO5. The van der Waals surface area contributed by atoms with Crippen LogP contribution in [-0.4, -0.2) is 31.4 Å². The van der Waals surface area contributed by atoms with Crippen LogP contribution in [0.4, 0.5) is 0 Å². The first-order valence-corrected chi connectivity index (χ1v) is 8.73. The molecule has 0 aliphatic carbocycles. The average molecular weight is 410 g/mol. The van der Waals surface area contributed by atoms with Crippen molar-refractivity contribution in [2.75, 3.05) is 13.2 Å².